The number of amides is 1. The zero-order chi connectivity index (χ0) is 15.9. The van der Waals surface area contributed by atoms with Crippen LogP contribution in [-0.2, 0) is 11.2 Å². The Kier molecular flexibility index (Phi) is 9.00. The molecule has 1 heterocycles. The Labute approximate surface area is 149 Å². The van der Waals surface area contributed by atoms with Gasteiger partial charge in [0.2, 0.25) is 5.91 Å². The van der Waals surface area contributed by atoms with Crippen molar-refractivity contribution in [2.24, 2.45) is 10.7 Å². The van der Waals surface area contributed by atoms with Crippen LogP contribution in [0.3, 0.4) is 0 Å². The molecule has 0 unspecified atom stereocenters. The van der Waals surface area contributed by atoms with Crippen LogP contribution in [0.15, 0.2) is 29.4 Å². The van der Waals surface area contributed by atoms with Gasteiger partial charge in [-0.05, 0) is 32.9 Å². The molecule has 0 saturated heterocycles. The van der Waals surface area contributed by atoms with E-state index >= 15 is 0 Å². The number of aliphatic imine (C=N–C) groups is 1. The van der Waals surface area contributed by atoms with Crippen molar-refractivity contribution in [3.63, 3.8) is 0 Å². The summed E-state index contributed by atoms with van der Waals surface area (Å²) in [6.45, 7) is 6.61. The van der Waals surface area contributed by atoms with E-state index in [2.05, 4.69) is 15.3 Å². The third kappa shape index (κ3) is 8.81. The van der Waals surface area contributed by atoms with Gasteiger partial charge in [0.15, 0.2) is 5.96 Å². The maximum atomic E-state index is 11.9. The van der Waals surface area contributed by atoms with E-state index < -0.39 is 0 Å². The predicted molar refractivity (Wildman–Crippen MR) is 100 cm³/mol. The molecule has 1 aromatic heterocycles. The predicted octanol–water partition coefficient (Wildman–Crippen LogP) is 1.40. The Morgan fingerprint density at radius 2 is 2.09 bits per heavy atom. The second kappa shape index (κ2) is 9.60. The topological polar surface area (TPSA) is 83.6 Å². The number of pyridine rings is 1. The number of hydrogen-bond acceptors (Lipinski definition) is 3. The number of rotatable bonds is 5. The Morgan fingerprint density at radius 1 is 1.41 bits per heavy atom. The molecule has 6 nitrogen and oxygen atoms in total. The quantitative estimate of drug-likeness (QED) is 0.430. The molecule has 7 heteroatoms. The lowest BCUT2D eigenvalue weighted by Crippen LogP contribution is -2.45. The van der Waals surface area contributed by atoms with Crippen LogP contribution in [-0.4, -0.2) is 47.4 Å². The molecule has 124 valence electrons. The summed E-state index contributed by atoms with van der Waals surface area (Å²) >= 11 is 0. The number of nitrogens with two attached hydrogens (primary N) is 1. The molecule has 0 aliphatic carbocycles. The second-order valence-corrected chi connectivity index (χ2v) is 5.96. The summed E-state index contributed by atoms with van der Waals surface area (Å²) in [5, 5.41) is 3.02. The standard InChI is InChI=1S/C15H25N5O.HI/c1-15(2,3)19-14(16)18-11-13(21)20(4)10-8-12-7-5-6-9-17-12;/h5-7,9H,8,10-11H2,1-4H3,(H3,16,18,19);1H. The fraction of sp³-hybridized carbons (Fsp3) is 0.533. The summed E-state index contributed by atoms with van der Waals surface area (Å²) < 4.78 is 0. The molecule has 0 spiro atoms. The molecule has 0 saturated carbocycles. The van der Waals surface area contributed by atoms with Gasteiger partial charge in [0.1, 0.15) is 6.54 Å². The molecular weight excluding hydrogens is 393 g/mol. The maximum absolute atomic E-state index is 11.9. The van der Waals surface area contributed by atoms with Crippen LogP contribution in [0.5, 0.6) is 0 Å². The minimum Gasteiger partial charge on any atom is -0.370 e. The van der Waals surface area contributed by atoms with Crippen molar-refractivity contribution >= 4 is 35.8 Å². The van der Waals surface area contributed by atoms with Gasteiger partial charge in [-0.25, -0.2) is 4.99 Å². The molecule has 0 fully saturated rings. The van der Waals surface area contributed by atoms with Crippen LogP contribution >= 0.6 is 24.0 Å². The molecule has 1 aromatic rings. The van der Waals surface area contributed by atoms with E-state index in [1.807, 2.05) is 39.0 Å². The van der Waals surface area contributed by atoms with Crippen LogP contribution in [0, 0.1) is 0 Å². The van der Waals surface area contributed by atoms with Crippen LogP contribution in [0.1, 0.15) is 26.5 Å². The van der Waals surface area contributed by atoms with E-state index in [1.54, 1.807) is 18.1 Å². The van der Waals surface area contributed by atoms with Crippen molar-refractivity contribution in [2.45, 2.75) is 32.7 Å². The van der Waals surface area contributed by atoms with E-state index in [-0.39, 0.29) is 47.9 Å². The smallest absolute Gasteiger partial charge is 0.244 e. The van der Waals surface area contributed by atoms with Gasteiger partial charge < -0.3 is 16.0 Å². The van der Waals surface area contributed by atoms with Crippen molar-refractivity contribution in [3.8, 4) is 0 Å². The highest BCUT2D eigenvalue weighted by Crippen LogP contribution is 1.98. The van der Waals surface area contributed by atoms with Gasteiger partial charge in [-0.15, -0.1) is 24.0 Å². The second-order valence-electron chi connectivity index (χ2n) is 5.96. The van der Waals surface area contributed by atoms with Gasteiger partial charge in [0.25, 0.3) is 0 Å². The highest BCUT2D eigenvalue weighted by atomic mass is 127. The Morgan fingerprint density at radius 3 is 2.64 bits per heavy atom. The first-order chi connectivity index (χ1) is 9.78. The number of carbonyl (C=O) groups is 1. The first-order valence-electron chi connectivity index (χ1n) is 7.00. The summed E-state index contributed by atoms with van der Waals surface area (Å²) in [6, 6.07) is 5.76. The van der Waals surface area contributed by atoms with Gasteiger partial charge in [-0.1, -0.05) is 6.07 Å². The summed E-state index contributed by atoms with van der Waals surface area (Å²) in [5.41, 5.74) is 6.53. The number of carbonyl (C=O) groups excluding carboxylic acids is 1. The lowest BCUT2D eigenvalue weighted by atomic mass is 10.1. The van der Waals surface area contributed by atoms with Gasteiger partial charge in [0.05, 0.1) is 0 Å². The number of likely N-dealkylation sites (N-methyl/N-ethyl adjacent to an activating group) is 1. The zero-order valence-electron chi connectivity index (χ0n) is 13.7. The lowest BCUT2D eigenvalue weighted by molar-refractivity contribution is -0.128. The molecule has 22 heavy (non-hydrogen) atoms. The largest absolute Gasteiger partial charge is 0.370 e. The minimum atomic E-state index is -0.165. The lowest BCUT2D eigenvalue weighted by Gasteiger charge is -2.21. The number of nitrogens with zero attached hydrogens (tertiary/aromatic N) is 3. The molecule has 0 aliphatic rings. The summed E-state index contributed by atoms with van der Waals surface area (Å²) in [7, 11) is 1.76. The normalized spacial score (nSPS) is 11.5. The number of aromatic nitrogens is 1. The maximum Gasteiger partial charge on any atom is 0.244 e. The van der Waals surface area contributed by atoms with E-state index in [9.17, 15) is 4.79 Å². The molecule has 0 aliphatic heterocycles. The van der Waals surface area contributed by atoms with Gasteiger partial charge in [-0.3, -0.25) is 9.78 Å². The Bertz CT molecular complexity index is 484. The number of nitrogens with one attached hydrogen (secondary N) is 1. The van der Waals surface area contributed by atoms with Crippen LogP contribution in [0.4, 0.5) is 0 Å². The number of halogens is 1. The van der Waals surface area contributed by atoms with Crippen LogP contribution in [0.25, 0.3) is 0 Å². The highest BCUT2D eigenvalue weighted by Gasteiger charge is 2.11. The fourth-order valence-corrected chi connectivity index (χ4v) is 1.65. The summed E-state index contributed by atoms with van der Waals surface area (Å²) in [5.74, 6) is 0.221. The monoisotopic (exact) mass is 419 g/mol. The van der Waals surface area contributed by atoms with E-state index in [4.69, 9.17) is 5.73 Å². The SMILES string of the molecule is CN(CCc1ccccn1)C(=O)CN=C(N)NC(C)(C)C.I. The van der Waals surface area contributed by atoms with E-state index in [0.717, 1.165) is 12.1 Å². The molecule has 1 amide bonds. The average molecular weight is 419 g/mol. The van der Waals surface area contributed by atoms with Crippen molar-refractivity contribution in [3.05, 3.63) is 30.1 Å². The van der Waals surface area contributed by atoms with Crippen molar-refractivity contribution in [1.82, 2.24) is 15.2 Å². The molecule has 1 rings (SSSR count). The Balaban J connectivity index is 0.00000441. The molecule has 0 bridgehead atoms. The summed E-state index contributed by atoms with van der Waals surface area (Å²) in [4.78, 5) is 21.9. The third-order valence-electron chi connectivity index (χ3n) is 2.74. The van der Waals surface area contributed by atoms with Crippen molar-refractivity contribution in [1.29, 1.82) is 0 Å². The Hall–Kier alpha value is -1.38. The van der Waals surface area contributed by atoms with Gasteiger partial charge >= 0.3 is 0 Å². The molecule has 0 radical (unpaired) electrons. The van der Waals surface area contributed by atoms with Crippen LogP contribution in [0.2, 0.25) is 0 Å². The van der Waals surface area contributed by atoms with E-state index in [0.29, 0.717) is 6.54 Å². The third-order valence-corrected chi connectivity index (χ3v) is 2.74. The average Bonchev–Trinajstić information content (AvgIpc) is 2.41. The summed E-state index contributed by atoms with van der Waals surface area (Å²) in [6.07, 6.45) is 2.48. The van der Waals surface area contributed by atoms with Gasteiger partial charge in [0, 0.05) is 37.4 Å². The van der Waals surface area contributed by atoms with Crippen LogP contribution < -0.4 is 11.1 Å². The molecular formula is C15H26IN5O. The van der Waals surface area contributed by atoms with Crippen molar-refractivity contribution in [2.75, 3.05) is 20.1 Å². The number of guanidine groups is 1. The van der Waals surface area contributed by atoms with Gasteiger partial charge in [-0.2, -0.15) is 0 Å². The van der Waals surface area contributed by atoms with E-state index in [1.165, 1.54) is 0 Å². The fourth-order valence-electron chi connectivity index (χ4n) is 1.65. The minimum absolute atomic E-state index is 0. The molecule has 3 N–H and O–H groups in total. The first kappa shape index (κ1) is 20.6. The molecule has 0 atom stereocenters. The first-order valence-corrected chi connectivity index (χ1v) is 7.00. The van der Waals surface area contributed by atoms with Crippen molar-refractivity contribution < 1.29 is 4.79 Å². The number of hydrogen-bond donors (Lipinski definition) is 2. The zero-order valence-corrected chi connectivity index (χ0v) is 16.0. The highest BCUT2D eigenvalue weighted by molar-refractivity contribution is 14.0. The molecule has 0 aromatic carbocycles.